The number of thioether (sulfide) groups is 1. The van der Waals surface area contributed by atoms with Crippen molar-refractivity contribution in [3.63, 3.8) is 0 Å². The SMILES string of the molecule is Cc1ccc(/N=C(/N(C)C)C(F)(F)F)cc1SCC(F)(F)F. The number of nitrogens with zero attached hydrogens (tertiary/aromatic N) is 2. The van der Waals surface area contributed by atoms with Crippen molar-refractivity contribution in [2.24, 2.45) is 4.99 Å². The van der Waals surface area contributed by atoms with E-state index in [2.05, 4.69) is 4.99 Å². The van der Waals surface area contributed by atoms with Crippen LogP contribution in [-0.2, 0) is 0 Å². The lowest BCUT2D eigenvalue weighted by Crippen LogP contribution is -2.35. The Hall–Kier alpha value is -1.38. The highest BCUT2D eigenvalue weighted by Crippen LogP contribution is 2.32. The van der Waals surface area contributed by atoms with Gasteiger partial charge in [-0.3, -0.25) is 0 Å². The van der Waals surface area contributed by atoms with Crippen LogP contribution in [0.4, 0.5) is 32.0 Å². The minimum atomic E-state index is -4.65. The minimum Gasteiger partial charge on any atom is -0.359 e. The van der Waals surface area contributed by atoms with Crippen LogP contribution < -0.4 is 0 Å². The molecule has 0 bridgehead atoms. The summed E-state index contributed by atoms with van der Waals surface area (Å²) in [6.45, 7) is 1.59. The van der Waals surface area contributed by atoms with Crippen molar-refractivity contribution in [3.05, 3.63) is 23.8 Å². The van der Waals surface area contributed by atoms with Gasteiger partial charge in [0.1, 0.15) is 0 Å². The topological polar surface area (TPSA) is 15.6 Å². The molecule has 0 aromatic heterocycles. The Morgan fingerprint density at radius 3 is 2.18 bits per heavy atom. The molecule has 1 aromatic carbocycles. The quantitative estimate of drug-likeness (QED) is 0.339. The standard InChI is InChI=1S/C13H14F6N2S/c1-8-4-5-9(6-10(8)22-7-12(14,15)16)20-11(21(2)3)13(17,18)19/h4-6H,7H2,1-3H3/b20-11+. The Balaban J connectivity index is 3.11. The van der Waals surface area contributed by atoms with E-state index in [1.54, 1.807) is 6.92 Å². The van der Waals surface area contributed by atoms with Gasteiger partial charge in [-0.15, -0.1) is 11.8 Å². The molecule has 1 rings (SSSR count). The van der Waals surface area contributed by atoms with E-state index < -0.39 is 23.9 Å². The van der Waals surface area contributed by atoms with Gasteiger partial charge in [-0.2, -0.15) is 26.3 Å². The first-order valence-corrected chi connectivity index (χ1v) is 7.02. The fourth-order valence-electron chi connectivity index (χ4n) is 1.51. The van der Waals surface area contributed by atoms with Crippen LogP contribution in [0.25, 0.3) is 0 Å². The number of alkyl halides is 6. The molecule has 0 saturated heterocycles. The fourth-order valence-corrected chi connectivity index (χ4v) is 2.33. The molecule has 0 radical (unpaired) electrons. The second-order valence-electron chi connectivity index (χ2n) is 4.68. The van der Waals surface area contributed by atoms with Gasteiger partial charge in [0.2, 0.25) is 5.84 Å². The molecule has 2 nitrogen and oxygen atoms in total. The van der Waals surface area contributed by atoms with E-state index in [9.17, 15) is 26.3 Å². The molecular formula is C13H14F6N2S. The summed E-state index contributed by atoms with van der Waals surface area (Å²) in [5.41, 5.74) is 0.503. The summed E-state index contributed by atoms with van der Waals surface area (Å²) in [4.78, 5) is 4.56. The monoisotopic (exact) mass is 344 g/mol. The van der Waals surface area contributed by atoms with Gasteiger partial charge in [-0.05, 0) is 24.6 Å². The zero-order valence-electron chi connectivity index (χ0n) is 12.0. The van der Waals surface area contributed by atoms with Gasteiger partial charge in [0.15, 0.2) is 0 Å². The highest BCUT2D eigenvalue weighted by atomic mass is 32.2. The Kier molecular flexibility index (Phi) is 5.77. The summed E-state index contributed by atoms with van der Waals surface area (Å²) in [7, 11) is 2.39. The molecule has 0 spiro atoms. The highest BCUT2D eigenvalue weighted by molar-refractivity contribution is 7.99. The Morgan fingerprint density at radius 2 is 1.73 bits per heavy atom. The normalized spacial score (nSPS) is 13.4. The zero-order valence-corrected chi connectivity index (χ0v) is 12.8. The molecule has 22 heavy (non-hydrogen) atoms. The number of aryl methyl sites for hydroxylation is 1. The van der Waals surface area contributed by atoms with Gasteiger partial charge in [-0.25, -0.2) is 4.99 Å². The van der Waals surface area contributed by atoms with Crippen LogP contribution in [0.5, 0.6) is 0 Å². The molecule has 0 fully saturated rings. The number of hydrogen-bond donors (Lipinski definition) is 0. The van der Waals surface area contributed by atoms with E-state index in [1.807, 2.05) is 0 Å². The Labute approximate surface area is 128 Å². The number of rotatable bonds is 3. The molecule has 0 aliphatic rings. The van der Waals surface area contributed by atoms with Crippen molar-refractivity contribution in [3.8, 4) is 0 Å². The van der Waals surface area contributed by atoms with Crippen molar-refractivity contribution in [2.45, 2.75) is 24.2 Å². The van der Waals surface area contributed by atoms with Crippen LogP contribution in [0.15, 0.2) is 28.1 Å². The molecule has 9 heteroatoms. The number of halogens is 6. The largest absolute Gasteiger partial charge is 0.449 e. The van der Waals surface area contributed by atoms with Gasteiger partial charge < -0.3 is 4.90 Å². The first kappa shape index (κ1) is 18.7. The molecule has 124 valence electrons. The molecule has 0 amide bonds. The molecule has 0 heterocycles. The van der Waals surface area contributed by atoms with Gasteiger partial charge in [-0.1, -0.05) is 6.07 Å². The van der Waals surface area contributed by atoms with Crippen molar-refractivity contribution in [1.82, 2.24) is 4.90 Å². The van der Waals surface area contributed by atoms with Crippen LogP contribution in [0.1, 0.15) is 5.56 Å². The van der Waals surface area contributed by atoms with E-state index in [0.717, 1.165) is 4.90 Å². The lowest BCUT2D eigenvalue weighted by Gasteiger charge is -2.18. The van der Waals surface area contributed by atoms with Gasteiger partial charge in [0.05, 0.1) is 11.4 Å². The summed E-state index contributed by atoms with van der Waals surface area (Å²) < 4.78 is 75.2. The summed E-state index contributed by atoms with van der Waals surface area (Å²) in [6.07, 6.45) is -9.00. The van der Waals surface area contributed by atoms with Crippen LogP contribution in [0, 0.1) is 6.92 Å². The predicted molar refractivity (Wildman–Crippen MR) is 74.8 cm³/mol. The van der Waals surface area contributed by atoms with E-state index >= 15 is 0 Å². The summed E-state index contributed by atoms with van der Waals surface area (Å²) in [6, 6.07) is 4.00. The van der Waals surface area contributed by atoms with Crippen molar-refractivity contribution in [2.75, 3.05) is 19.8 Å². The summed E-state index contributed by atoms with van der Waals surface area (Å²) in [5.74, 6) is -2.23. The van der Waals surface area contributed by atoms with E-state index in [4.69, 9.17) is 0 Å². The molecule has 0 N–H and O–H groups in total. The second kappa shape index (κ2) is 6.80. The third-order valence-electron chi connectivity index (χ3n) is 2.48. The lowest BCUT2D eigenvalue weighted by atomic mass is 10.2. The summed E-state index contributed by atoms with van der Waals surface area (Å²) >= 11 is 0.522. The fraction of sp³-hybridized carbons (Fsp3) is 0.462. The highest BCUT2D eigenvalue weighted by Gasteiger charge is 2.37. The number of benzene rings is 1. The van der Waals surface area contributed by atoms with Crippen molar-refractivity contribution in [1.29, 1.82) is 0 Å². The van der Waals surface area contributed by atoms with Crippen molar-refractivity contribution < 1.29 is 26.3 Å². The maximum absolute atomic E-state index is 12.8. The van der Waals surface area contributed by atoms with Crippen LogP contribution in [0.2, 0.25) is 0 Å². The molecular weight excluding hydrogens is 330 g/mol. The number of hydrogen-bond acceptors (Lipinski definition) is 2. The van der Waals surface area contributed by atoms with Crippen LogP contribution in [0.3, 0.4) is 0 Å². The van der Waals surface area contributed by atoms with Gasteiger partial charge in [0, 0.05) is 19.0 Å². The second-order valence-corrected chi connectivity index (χ2v) is 5.70. The van der Waals surface area contributed by atoms with E-state index in [0.29, 0.717) is 17.3 Å². The molecule has 0 unspecified atom stereocenters. The molecule has 0 saturated carbocycles. The number of aliphatic imine (C=N–C) groups is 1. The molecule has 0 aliphatic carbocycles. The van der Waals surface area contributed by atoms with Gasteiger partial charge >= 0.3 is 12.4 Å². The van der Waals surface area contributed by atoms with E-state index in [1.165, 1.54) is 32.3 Å². The minimum absolute atomic E-state index is 0.0451. The average molecular weight is 344 g/mol. The predicted octanol–water partition coefficient (Wildman–Crippen LogP) is 4.80. The summed E-state index contributed by atoms with van der Waals surface area (Å²) in [5, 5.41) is 0. The lowest BCUT2D eigenvalue weighted by molar-refractivity contribution is -0.105. The maximum atomic E-state index is 12.8. The van der Waals surface area contributed by atoms with E-state index in [-0.39, 0.29) is 10.6 Å². The average Bonchev–Trinajstić information content (AvgIpc) is 2.33. The molecule has 0 atom stereocenters. The smallest absolute Gasteiger partial charge is 0.359 e. The molecule has 0 aliphatic heterocycles. The third kappa shape index (κ3) is 5.78. The van der Waals surface area contributed by atoms with Crippen LogP contribution in [-0.4, -0.2) is 42.9 Å². The van der Waals surface area contributed by atoms with Crippen molar-refractivity contribution >= 4 is 23.3 Å². The Bertz CT molecular complexity index is 548. The van der Waals surface area contributed by atoms with Crippen LogP contribution >= 0.6 is 11.8 Å². The first-order valence-electron chi connectivity index (χ1n) is 6.03. The third-order valence-corrected chi connectivity index (χ3v) is 3.70. The first-order chi connectivity index (χ1) is 9.90. The Morgan fingerprint density at radius 1 is 1.14 bits per heavy atom. The zero-order chi connectivity index (χ0) is 17.1. The maximum Gasteiger partial charge on any atom is 0.449 e. The van der Waals surface area contributed by atoms with Gasteiger partial charge in [0.25, 0.3) is 0 Å². The molecule has 1 aromatic rings. The number of amidine groups is 1.